The largest absolute Gasteiger partial charge is 0.436 e. The third kappa shape index (κ3) is 4.50. The van der Waals surface area contributed by atoms with Crippen LogP contribution < -0.4 is 10.6 Å². The molecular weight excluding hydrogens is 382 g/mol. The average Bonchev–Trinajstić information content (AvgIpc) is 3.14. The van der Waals surface area contributed by atoms with Gasteiger partial charge < -0.3 is 15.1 Å². The molecule has 5 nitrogen and oxygen atoms in total. The highest BCUT2D eigenvalue weighted by atomic mass is 32.1. The number of thiocarbonyl (C=S) groups is 1. The third-order valence-corrected chi connectivity index (χ3v) is 4.69. The quantitative estimate of drug-likeness (QED) is 0.478. The van der Waals surface area contributed by atoms with Gasteiger partial charge in [-0.1, -0.05) is 48.5 Å². The Morgan fingerprint density at radius 3 is 2.59 bits per heavy atom. The summed E-state index contributed by atoms with van der Waals surface area (Å²) < 4.78 is 5.84. The van der Waals surface area contributed by atoms with E-state index >= 15 is 0 Å². The Balaban J connectivity index is 1.47. The number of nitrogens with one attached hydrogen (secondary N) is 2. The van der Waals surface area contributed by atoms with Crippen molar-refractivity contribution in [3.63, 3.8) is 0 Å². The van der Waals surface area contributed by atoms with Gasteiger partial charge in [0.15, 0.2) is 10.7 Å². The van der Waals surface area contributed by atoms with E-state index in [1.54, 1.807) is 0 Å². The van der Waals surface area contributed by atoms with Crippen LogP contribution in [0.25, 0.3) is 22.6 Å². The van der Waals surface area contributed by atoms with Crippen molar-refractivity contribution < 1.29 is 9.21 Å². The van der Waals surface area contributed by atoms with E-state index in [1.165, 1.54) is 0 Å². The zero-order valence-electron chi connectivity index (χ0n) is 15.8. The summed E-state index contributed by atoms with van der Waals surface area (Å²) in [6, 6.07) is 23.0. The van der Waals surface area contributed by atoms with E-state index < -0.39 is 0 Å². The minimum atomic E-state index is -0.165. The average molecular weight is 401 g/mol. The minimum Gasteiger partial charge on any atom is -0.436 e. The van der Waals surface area contributed by atoms with Crippen molar-refractivity contribution in [1.29, 1.82) is 0 Å². The Labute approximate surface area is 173 Å². The van der Waals surface area contributed by atoms with E-state index in [0.29, 0.717) is 5.89 Å². The van der Waals surface area contributed by atoms with Crippen LogP contribution in [-0.4, -0.2) is 16.0 Å². The topological polar surface area (TPSA) is 67.2 Å². The van der Waals surface area contributed by atoms with Gasteiger partial charge in [-0.2, -0.15) is 0 Å². The Hall–Kier alpha value is -3.51. The van der Waals surface area contributed by atoms with E-state index in [2.05, 4.69) is 15.6 Å². The smallest absolute Gasteiger partial charge is 0.230 e. The number of aryl methyl sites for hydroxylation is 1. The van der Waals surface area contributed by atoms with Gasteiger partial charge in [0.2, 0.25) is 11.8 Å². The van der Waals surface area contributed by atoms with Crippen molar-refractivity contribution in [1.82, 2.24) is 10.3 Å². The maximum atomic E-state index is 12.2. The van der Waals surface area contributed by atoms with E-state index in [1.807, 2.05) is 79.7 Å². The molecule has 0 aliphatic carbocycles. The first-order chi connectivity index (χ1) is 14.1. The number of fused-ring (bicyclic) bond motifs is 1. The highest BCUT2D eigenvalue weighted by molar-refractivity contribution is 7.80. The number of carbonyl (C=O) groups is 1. The molecule has 0 atom stereocenters. The van der Waals surface area contributed by atoms with E-state index in [4.69, 9.17) is 16.6 Å². The summed E-state index contributed by atoms with van der Waals surface area (Å²) >= 11 is 5.32. The SMILES string of the molecule is Cc1ccc(-c2nc3ccccc3o2)cc1NC(=S)NC(=O)Cc1ccccc1. The first-order valence-corrected chi connectivity index (χ1v) is 9.61. The molecule has 6 heteroatoms. The van der Waals surface area contributed by atoms with Crippen molar-refractivity contribution in [2.24, 2.45) is 0 Å². The molecule has 0 fully saturated rings. The van der Waals surface area contributed by atoms with Crippen LogP contribution in [0.2, 0.25) is 0 Å². The molecule has 2 N–H and O–H groups in total. The number of anilines is 1. The molecule has 3 aromatic carbocycles. The highest BCUT2D eigenvalue weighted by Gasteiger charge is 2.11. The van der Waals surface area contributed by atoms with Gasteiger partial charge in [0.25, 0.3) is 0 Å². The number of hydrogen-bond donors (Lipinski definition) is 2. The molecular formula is C23H19N3O2S. The van der Waals surface area contributed by atoms with Crippen LogP contribution in [0, 0.1) is 6.92 Å². The number of hydrogen-bond acceptors (Lipinski definition) is 4. The molecule has 1 aromatic heterocycles. The normalized spacial score (nSPS) is 10.7. The van der Waals surface area contributed by atoms with Gasteiger partial charge in [0, 0.05) is 11.3 Å². The maximum absolute atomic E-state index is 12.2. The molecule has 0 aliphatic heterocycles. The Morgan fingerprint density at radius 2 is 1.79 bits per heavy atom. The van der Waals surface area contributed by atoms with Crippen molar-refractivity contribution in [2.45, 2.75) is 13.3 Å². The number of aromatic nitrogens is 1. The second-order valence-corrected chi connectivity index (χ2v) is 7.09. The van der Waals surface area contributed by atoms with Crippen LogP contribution in [0.5, 0.6) is 0 Å². The maximum Gasteiger partial charge on any atom is 0.230 e. The lowest BCUT2D eigenvalue weighted by atomic mass is 10.1. The number of amides is 1. The predicted molar refractivity (Wildman–Crippen MR) is 119 cm³/mol. The van der Waals surface area contributed by atoms with Gasteiger partial charge in [-0.05, 0) is 54.5 Å². The molecule has 0 bridgehead atoms. The van der Waals surface area contributed by atoms with Crippen LogP contribution >= 0.6 is 12.2 Å². The second kappa shape index (κ2) is 8.24. The summed E-state index contributed by atoms with van der Waals surface area (Å²) in [5, 5.41) is 6.08. The Morgan fingerprint density at radius 1 is 1.03 bits per heavy atom. The summed E-state index contributed by atoms with van der Waals surface area (Å²) in [7, 11) is 0. The molecule has 1 heterocycles. The van der Waals surface area contributed by atoms with E-state index in [-0.39, 0.29) is 17.4 Å². The molecule has 0 spiro atoms. The Bertz CT molecular complexity index is 1150. The number of oxazole rings is 1. The molecule has 144 valence electrons. The molecule has 0 unspecified atom stereocenters. The van der Waals surface area contributed by atoms with Gasteiger partial charge in [0.1, 0.15) is 5.52 Å². The standard InChI is InChI=1S/C23H19N3O2S/c1-15-11-12-17(22-24-18-9-5-6-10-20(18)28-22)14-19(15)25-23(29)26-21(27)13-16-7-3-2-4-8-16/h2-12,14H,13H2,1H3,(H2,25,26,27,29). The number of carbonyl (C=O) groups excluding carboxylic acids is 1. The first kappa shape index (κ1) is 18.8. The summed E-state index contributed by atoms with van der Waals surface area (Å²) in [6.07, 6.45) is 0.268. The predicted octanol–water partition coefficient (Wildman–Crippen LogP) is 4.86. The molecule has 1 amide bonds. The molecule has 4 rings (SSSR count). The fourth-order valence-corrected chi connectivity index (χ4v) is 3.21. The van der Waals surface area contributed by atoms with Crippen molar-refractivity contribution in [3.8, 4) is 11.5 Å². The van der Waals surface area contributed by atoms with Gasteiger partial charge in [0.05, 0.1) is 6.42 Å². The van der Waals surface area contributed by atoms with Gasteiger partial charge in [-0.3, -0.25) is 4.79 Å². The number of rotatable bonds is 4. The van der Waals surface area contributed by atoms with Crippen molar-refractivity contribution in [2.75, 3.05) is 5.32 Å². The first-order valence-electron chi connectivity index (χ1n) is 9.20. The zero-order valence-corrected chi connectivity index (χ0v) is 16.6. The highest BCUT2D eigenvalue weighted by Crippen LogP contribution is 2.27. The molecule has 0 aliphatic rings. The fourth-order valence-electron chi connectivity index (χ4n) is 2.99. The lowest BCUT2D eigenvalue weighted by Crippen LogP contribution is -2.35. The van der Waals surface area contributed by atoms with Gasteiger partial charge >= 0.3 is 0 Å². The third-order valence-electron chi connectivity index (χ3n) is 4.49. The Kier molecular flexibility index (Phi) is 5.35. The minimum absolute atomic E-state index is 0.165. The van der Waals surface area contributed by atoms with Crippen LogP contribution in [-0.2, 0) is 11.2 Å². The second-order valence-electron chi connectivity index (χ2n) is 6.68. The molecule has 0 saturated heterocycles. The van der Waals surface area contributed by atoms with E-state index in [0.717, 1.165) is 33.5 Å². The monoisotopic (exact) mass is 401 g/mol. The van der Waals surface area contributed by atoms with E-state index in [9.17, 15) is 4.79 Å². The lowest BCUT2D eigenvalue weighted by molar-refractivity contribution is -0.119. The van der Waals surface area contributed by atoms with Crippen LogP contribution in [0.1, 0.15) is 11.1 Å². The van der Waals surface area contributed by atoms with Gasteiger partial charge in [-0.25, -0.2) is 4.98 Å². The number of para-hydroxylation sites is 2. The van der Waals surface area contributed by atoms with Crippen LogP contribution in [0.15, 0.2) is 77.2 Å². The molecule has 0 radical (unpaired) electrons. The number of benzene rings is 3. The summed E-state index contributed by atoms with van der Waals surface area (Å²) in [4.78, 5) is 16.8. The summed E-state index contributed by atoms with van der Waals surface area (Å²) in [6.45, 7) is 1.96. The number of nitrogens with zero attached hydrogens (tertiary/aromatic N) is 1. The van der Waals surface area contributed by atoms with Crippen molar-refractivity contribution in [3.05, 3.63) is 83.9 Å². The summed E-state index contributed by atoms with van der Waals surface area (Å²) in [5.41, 5.74) is 5.08. The fraction of sp³-hybridized carbons (Fsp3) is 0.0870. The van der Waals surface area contributed by atoms with Crippen LogP contribution in [0.4, 0.5) is 5.69 Å². The lowest BCUT2D eigenvalue weighted by Gasteiger charge is -2.12. The van der Waals surface area contributed by atoms with Crippen LogP contribution in [0.3, 0.4) is 0 Å². The molecule has 0 saturated carbocycles. The molecule has 4 aromatic rings. The summed E-state index contributed by atoms with van der Waals surface area (Å²) in [5.74, 6) is 0.370. The molecule has 29 heavy (non-hydrogen) atoms. The van der Waals surface area contributed by atoms with Crippen molar-refractivity contribution >= 4 is 40.0 Å². The van der Waals surface area contributed by atoms with Gasteiger partial charge in [-0.15, -0.1) is 0 Å². The zero-order chi connectivity index (χ0) is 20.2.